The zero-order valence-electron chi connectivity index (χ0n) is 14.7. The number of amides is 2. The lowest BCUT2D eigenvalue weighted by Crippen LogP contribution is -2.44. The molecule has 1 unspecified atom stereocenters. The quantitative estimate of drug-likeness (QED) is 0.842. The molecule has 0 radical (unpaired) electrons. The molecule has 1 N–H and O–H groups in total. The standard InChI is InChI=1S/C20H18N2O5/c1-3-8-22-15-6-5-14(10-17(15)27-12(2)20(22)24)21-19(23)13-4-7-16-18(9-13)26-11-25-16/h3-7,9-10,12H,1,8,11H2,2H3,(H,21,23). The molecule has 138 valence electrons. The van der Waals surface area contributed by atoms with Crippen molar-refractivity contribution in [2.45, 2.75) is 13.0 Å². The number of hydrogen-bond acceptors (Lipinski definition) is 5. The van der Waals surface area contributed by atoms with Gasteiger partial charge in [0, 0.05) is 23.9 Å². The third-order valence-electron chi connectivity index (χ3n) is 4.37. The van der Waals surface area contributed by atoms with E-state index in [1.807, 2.05) is 0 Å². The van der Waals surface area contributed by atoms with Gasteiger partial charge in [0.15, 0.2) is 17.6 Å². The van der Waals surface area contributed by atoms with E-state index < -0.39 is 6.10 Å². The van der Waals surface area contributed by atoms with E-state index in [0.29, 0.717) is 40.7 Å². The number of nitrogens with zero attached hydrogens (tertiary/aromatic N) is 1. The summed E-state index contributed by atoms with van der Waals surface area (Å²) in [7, 11) is 0. The number of nitrogens with one attached hydrogen (secondary N) is 1. The number of ether oxygens (including phenoxy) is 3. The van der Waals surface area contributed by atoms with Gasteiger partial charge in [-0.3, -0.25) is 9.59 Å². The van der Waals surface area contributed by atoms with Crippen LogP contribution in [0, 0.1) is 0 Å². The molecule has 2 heterocycles. The van der Waals surface area contributed by atoms with Gasteiger partial charge in [0.1, 0.15) is 5.75 Å². The lowest BCUT2D eigenvalue weighted by molar-refractivity contribution is -0.125. The smallest absolute Gasteiger partial charge is 0.268 e. The highest BCUT2D eigenvalue weighted by atomic mass is 16.7. The van der Waals surface area contributed by atoms with Crippen LogP contribution in [-0.4, -0.2) is 31.3 Å². The monoisotopic (exact) mass is 366 g/mol. The summed E-state index contributed by atoms with van der Waals surface area (Å²) in [5.41, 5.74) is 1.67. The van der Waals surface area contributed by atoms with Crippen LogP contribution in [0.5, 0.6) is 17.2 Å². The van der Waals surface area contributed by atoms with Gasteiger partial charge in [-0.25, -0.2) is 0 Å². The second kappa shape index (κ2) is 6.68. The molecule has 0 aromatic heterocycles. The predicted octanol–water partition coefficient (Wildman–Crippen LogP) is 2.97. The Morgan fingerprint density at radius 2 is 2.04 bits per heavy atom. The minimum atomic E-state index is -0.600. The van der Waals surface area contributed by atoms with E-state index in [2.05, 4.69) is 11.9 Å². The molecular formula is C20H18N2O5. The van der Waals surface area contributed by atoms with Crippen molar-refractivity contribution in [1.29, 1.82) is 0 Å². The SMILES string of the molecule is C=CCN1C(=O)C(C)Oc2cc(NC(=O)c3ccc4c(c3)OCO4)ccc21. The first-order chi connectivity index (χ1) is 13.1. The van der Waals surface area contributed by atoms with Crippen molar-refractivity contribution in [3.8, 4) is 17.2 Å². The first kappa shape index (κ1) is 17.0. The summed E-state index contributed by atoms with van der Waals surface area (Å²) in [6.45, 7) is 5.93. The molecule has 4 rings (SSSR count). The minimum absolute atomic E-state index is 0.125. The molecule has 0 aliphatic carbocycles. The third-order valence-corrected chi connectivity index (χ3v) is 4.37. The van der Waals surface area contributed by atoms with Crippen molar-refractivity contribution in [2.24, 2.45) is 0 Å². The molecule has 0 saturated carbocycles. The molecule has 2 aromatic carbocycles. The van der Waals surface area contributed by atoms with Crippen LogP contribution in [0.25, 0.3) is 0 Å². The molecule has 27 heavy (non-hydrogen) atoms. The van der Waals surface area contributed by atoms with Crippen LogP contribution in [-0.2, 0) is 4.79 Å². The van der Waals surface area contributed by atoms with Gasteiger partial charge in [-0.05, 0) is 37.3 Å². The van der Waals surface area contributed by atoms with Crippen LogP contribution < -0.4 is 24.4 Å². The maximum Gasteiger partial charge on any atom is 0.268 e. The Hall–Kier alpha value is -3.48. The van der Waals surface area contributed by atoms with Gasteiger partial charge in [0.05, 0.1) is 5.69 Å². The molecule has 1 atom stereocenters. The largest absolute Gasteiger partial charge is 0.479 e. The lowest BCUT2D eigenvalue weighted by Gasteiger charge is -2.32. The summed E-state index contributed by atoms with van der Waals surface area (Å²) in [5.74, 6) is 1.29. The molecule has 2 amide bonds. The van der Waals surface area contributed by atoms with Crippen molar-refractivity contribution in [3.63, 3.8) is 0 Å². The van der Waals surface area contributed by atoms with E-state index >= 15 is 0 Å². The van der Waals surface area contributed by atoms with Crippen LogP contribution >= 0.6 is 0 Å². The normalized spacial score (nSPS) is 17.1. The Bertz CT molecular complexity index is 940. The van der Waals surface area contributed by atoms with Crippen LogP contribution in [0.15, 0.2) is 49.1 Å². The summed E-state index contributed by atoms with van der Waals surface area (Å²) >= 11 is 0. The fourth-order valence-corrected chi connectivity index (χ4v) is 3.05. The summed E-state index contributed by atoms with van der Waals surface area (Å²) in [6, 6.07) is 10.2. The lowest BCUT2D eigenvalue weighted by atomic mass is 10.1. The fourth-order valence-electron chi connectivity index (χ4n) is 3.05. The van der Waals surface area contributed by atoms with E-state index in [9.17, 15) is 9.59 Å². The first-order valence-corrected chi connectivity index (χ1v) is 8.51. The van der Waals surface area contributed by atoms with Gasteiger partial charge < -0.3 is 24.4 Å². The summed E-state index contributed by atoms with van der Waals surface area (Å²) in [5, 5.41) is 2.83. The van der Waals surface area contributed by atoms with Crippen LogP contribution in [0.2, 0.25) is 0 Å². The van der Waals surface area contributed by atoms with Crippen molar-refractivity contribution >= 4 is 23.2 Å². The van der Waals surface area contributed by atoms with E-state index in [1.165, 1.54) is 0 Å². The Balaban J connectivity index is 1.57. The van der Waals surface area contributed by atoms with Crippen LogP contribution in [0.3, 0.4) is 0 Å². The third kappa shape index (κ3) is 3.08. The van der Waals surface area contributed by atoms with Crippen molar-refractivity contribution in [3.05, 3.63) is 54.6 Å². The van der Waals surface area contributed by atoms with E-state index in [4.69, 9.17) is 14.2 Å². The van der Waals surface area contributed by atoms with Gasteiger partial charge in [0.2, 0.25) is 6.79 Å². The molecule has 7 nitrogen and oxygen atoms in total. The molecule has 2 aliphatic heterocycles. The highest BCUT2D eigenvalue weighted by molar-refractivity contribution is 6.05. The predicted molar refractivity (Wildman–Crippen MR) is 99.6 cm³/mol. The number of rotatable bonds is 4. The van der Waals surface area contributed by atoms with Gasteiger partial charge in [-0.1, -0.05) is 6.08 Å². The minimum Gasteiger partial charge on any atom is -0.479 e. The van der Waals surface area contributed by atoms with E-state index in [0.717, 1.165) is 0 Å². The molecular weight excluding hydrogens is 348 g/mol. The zero-order valence-corrected chi connectivity index (χ0v) is 14.7. The van der Waals surface area contributed by atoms with Gasteiger partial charge in [-0.15, -0.1) is 6.58 Å². The number of carbonyl (C=O) groups excluding carboxylic acids is 2. The molecule has 2 aromatic rings. The second-order valence-electron chi connectivity index (χ2n) is 6.20. The Morgan fingerprint density at radius 3 is 2.85 bits per heavy atom. The van der Waals surface area contributed by atoms with Gasteiger partial charge >= 0.3 is 0 Å². The molecule has 2 aliphatic rings. The number of benzene rings is 2. The van der Waals surface area contributed by atoms with Crippen LogP contribution in [0.1, 0.15) is 17.3 Å². The molecule has 0 bridgehead atoms. The van der Waals surface area contributed by atoms with Crippen molar-refractivity contribution in [1.82, 2.24) is 0 Å². The van der Waals surface area contributed by atoms with Crippen molar-refractivity contribution in [2.75, 3.05) is 23.6 Å². The topological polar surface area (TPSA) is 77.1 Å². The highest BCUT2D eigenvalue weighted by Crippen LogP contribution is 2.37. The Morgan fingerprint density at radius 1 is 1.22 bits per heavy atom. The summed E-state index contributed by atoms with van der Waals surface area (Å²) in [4.78, 5) is 26.4. The van der Waals surface area contributed by atoms with Crippen LogP contribution in [0.4, 0.5) is 11.4 Å². The van der Waals surface area contributed by atoms with E-state index in [-0.39, 0.29) is 18.6 Å². The second-order valence-corrected chi connectivity index (χ2v) is 6.20. The maximum atomic E-state index is 12.5. The van der Waals surface area contributed by atoms with Gasteiger partial charge in [-0.2, -0.15) is 0 Å². The number of carbonyl (C=O) groups is 2. The highest BCUT2D eigenvalue weighted by Gasteiger charge is 2.31. The van der Waals surface area contributed by atoms with E-state index in [1.54, 1.807) is 54.3 Å². The molecule has 7 heteroatoms. The molecule has 0 spiro atoms. The molecule has 0 fully saturated rings. The zero-order chi connectivity index (χ0) is 19.0. The number of hydrogen-bond donors (Lipinski definition) is 1. The van der Waals surface area contributed by atoms with Crippen molar-refractivity contribution < 1.29 is 23.8 Å². The summed E-state index contributed by atoms with van der Waals surface area (Å²) < 4.78 is 16.3. The number of anilines is 2. The first-order valence-electron chi connectivity index (χ1n) is 8.51. The summed E-state index contributed by atoms with van der Waals surface area (Å²) in [6.07, 6.45) is 1.06. The Labute approximate surface area is 156 Å². The maximum absolute atomic E-state index is 12.5. The Kier molecular flexibility index (Phi) is 4.19. The molecule has 0 saturated heterocycles. The average molecular weight is 366 g/mol. The number of fused-ring (bicyclic) bond motifs is 2. The van der Waals surface area contributed by atoms with Gasteiger partial charge in [0.25, 0.3) is 11.8 Å². The average Bonchev–Trinajstić information content (AvgIpc) is 3.13. The fraction of sp³-hybridized carbons (Fsp3) is 0.200.